The fraction of sp³-hybridized carbons (Fsp3) is 0.526. The lowest BCUT2D eigenvalue weighted by Crippen LogP contribution is -2.44. The van der Waals surface area contributed by atoms with Gasteiger partial charge in [-0.1, -0.05) is 0 Å². The topological polar surface area (TPSA) is 88.4 Å². The van der Waals surface area contributed by atoms with E-state index in [1.165, 1.54) is 7.11 Å². The average molecular weight is 346 g/mol. The molecule has 0 aliphatic heterocycles. The third-order valence-corrected chi connectivity index (χ3v) is 3.68. The number of carbonyl (C=O) groups excluding carboxylic acids is 2. The fourth-order valence-electron chi connectivity index (χ4n) is 2.58. The van der Waals surface area contributed by atoms with Gasteiger partial charge < -0.3 is 14.8 Å². The van der Waals surface area contributed by atoms with Crippen molar-refractivity contribution in [3.05, 3.63) is 34.4 Å². The second-order valence-electron chi connectivity index (χ2n) is 6.96. The van der Waals surface area contributed by atoms with Crippen LogP contribution in [-0.2, 0) is 20.7 Å². The summed E-state index contributed by atoms with van der Waals surface area (Å²) in [4.78, 5) is 23.9. The quantitative estimate of drug-likeness (QED) is 0.827. The second kappa shape index (κ2) is 8.52. The second-order valence-corrected chi connectivity index (χ2v) is 6.96. The molecule has 1 N–H and O–H groups in total. The summed E-state index contributed by atoms with van der Waals surface area (Å²) in [5.41, 5.74) is 2.98. The van der Waals surface area contributed by atoms with E-state index in [4.69, 9.17) is 14.7 Å². The maximum atomic E-state index is 12.0. The number of aryl methyl sites for hydroxylation is 2. The number of hydrogen-bond donors (Lipinski definition) is 1. The highest BCUT2D eigenvalue weighted by Gasteiger charge is 2.25. The molecule has 0 radical (unpaired) electrons. The van der Waals surface area contributed by atoms with Gasteiger partial charge in [0.25, 0.3) is 0 Å². The average Bonchev–Trinajstić information content (AvgIpc) is 2.50. The number of ether oxygens (including phenoxy) is 2. The van der Waals surface area contributed by atoms with Gasteiger partial charge in [0.1, 0.15) is 11.6 Å². The number of nitrogens with one attached hydrogen (secondary N) is 1. The molecule has 1 atom stereocenters. The summed E-state index contributed by atoms with van der Waals surface area (Å²) in [5, 5.41) is 11.6. The molecule has 0 bridgehead atoms. The molecule has 1 aromatic carbocycles. The molecule has 0 saturated carbocycles. The molecular formula is C19H26N2O4. The number of nitriles is 1. The van der Waals surface area contributed by atoms with Crippen molar-refractivity contribution in [3.8, 4) is 6.07 Å². The molecule has 25 heavy (non-hydrogen) atoms. The van der Waals surface area contributed by atoms with Crippen LogP contribution in [0.15, 0.2) is 12.1 Å². The zero-order valence-corrected chi connectivity index (χ0v) is 15.7. The van der Waals surface area contributed by atoms with Gasteiger partial charge in [0.2, 0.25) is 0 Å². The molecule has 0 spiro atoms. The molecular weight excluding hydrogens is 320 g/mol. The van der Waals surface area contributed by atoms with Crippen molar-refractivity contribution in [1.82, 2.24) is 5.32 Å². The number of methoxy groups -OCH3 is 1. The van der Waals surface area contributed by atoms with E-state index in [2.05, 4.69) is 11.4 Å². The van der Waals surface area contributed by atoms with Crippen LogP contribution in [0, 0.1) is 25.2 Å². The summed E-state index contributed by atoms with van der Waals surface area (Å²) in [5.74, 6) is -0.519. The minimum Gasteiger partial charge on any atom is -0.467 e. The summed E-state index contributed by atoms with van der Waals surface area (Å²) in [6.07, 6.45) is 0.287. The van der Waals surface area contributed by atoms with E-state index in [1.54, 1.807) is 20.8 Å². The van der Waals surface area contributed by atoms with Gasteiger partial charge in [-0.3, -0.25) is 0 Å². The number of esters is 1. The fourth-order valence-corrected chi connectivity index (χ4v) is 2.58. The summed E-state index contributed by atoms with van der Waals surface area (Å²) >= 11 is 0. The number of nitrogens with zero attached hydrogens (tertiary/aromatic N) is 1. The first-order chi connectivity index (χ1) is 11.6. The van der Waals surface area contributed by atoms with E-state index >= 15 is 0 Å². The van der Waals surface area contributed by atoms with E-state index in [0.29, 0.717) is 18.4 Å². The molecule has 1 rings (SSSR count). The molecule has 6 heteroatoms. The van der Waals surface area contributed by atoms with Crippen molar-refractivity contribution >= 4 is 12.1 Å². The maximum absolute atomic E-state index is 12.0. The van der Waals surface area contributed by atoms with Gasteiger partial charge in [-0.2, -0.15) is 5.26 Å². The van der Waals surface area contributed by atoms with Gasteiger partial charge >= 0.3 is 12.1 Å². The third kappa shape index (κ3) is 6.46. The Morgan fingerprint density at radius 2 is 1.80 bits per heavy atom. The lowest BCUT2D eigenvalue weighted by atomic mass is 9.94. The summed E-state index contributed by atoms with van der Waals surface area (Å²) < 4.78 is 9.98. The van der Waals surface area contributed by atoms with Crippen LogP contribution in [-0.4, -0.2) is 30.8 Å². The Hall–Kier alpha value is -2.55. The van der Waals surface area contributed by atoms with E-state index < -0.39 is 23.7 Å². The molecule has 0 aliphatic rings. The molecule has 0 heterocycles. The van der Waals surface area contributed by atoms with Crippen LogP contribution in [0.4, 0.5) is 4.79 Å². The molecule has 1 amide bonds. The Morgan fingerprint density at radius 3 is 2.24 bits per heavy atom. The van der Waals surface area contributed by atoms with E-state index in [9.17, 15) is 9.59 Å². The monoisotopic (exact) mass is 346 g/mol. The number of benzene rings is 1. The third-order valence-electron chi connectivity index (χ3n) is 3.68. The van der Waals surface area contributed by atoms with Gasteiger partial charge in [0.05, 0.1) is 18.7 Å². The number of carbonyl (C=O) groups is 2. The minimum atomic E-state index is -0.797. The van der Waals surface area contributed by atoms with Crippen molar-refractivity contribution in [2.75, 3.05) is 7.11 Å². The van der Waals surface area contributed by atoms with Gasteiger partial charge in [-0.25, -0.2) is 9.59 Å². The van der Waals surface area contributed by atoms with Crippen LogP contribution in [0.5, 0.6) is 0 Å². The lowest BCUT2D eigenvalue weighted by Gasteiger charge is -2.23. The standard InChI is InChI=1S/C19H26N2O4/c1-12-9-14(11-20)10-13(2)15(12)7-8-16(17(22)24-6)21-18(23)25-19(3,4)5/h9-10,16H,7-8H2,1-6H3,(H,21,23)/t16-/m0/s1. The first-order valence-electron chi connectivity index (χ1n) is 8.15. The van der Waals surface area contributed by atoms with Crippen molar-refractivity contribution in [2.24, 2.45) is 0 Å². The molecule has 0 aliphatic carbocycles. The van der Waals surface area contributed by atoms with E-state index in [1.807, 2.05) is 26.0 Å². The van der Waals surface area contributed by atoms with Crippen LogP contribution in [0.1, 0.15) is 49.4 Å². The van der Waals surface area contributed by atoms with Gasteiger partial charge in [0.15, 0.2) is 0 Å². The van der Waals surface area contributed by atoms with Crippen LogP contribution < -0.4 is 5.32 Å². The zero-order chi connectivity index (χ0) is 19.2. The highest BCUT2D eigenvalue weighted by molar-refractivity contribution is 5.81. The normalized spacial score (nSPS) is 12.0. The van der Waals surface area contributed by atoms with Gasteiger partial charge in [0, 0.05) is 0 Å². The van der Waals surface area contributed by atoms with Gasteiger partial charge in [-0.05, 0) is 76.3 Å². The Kier molecular flexibility index (Phi) is 6.98. The summed E-state index contributed by atoms with van der Waals surface area (Å²) in [6, 6.07) is 4.96. The molecule has 0 aromatic heterocycles. The largest absolute Gasteiger partial charge is 0.467 e. The van der Waals surface area contributed by atoms with Crippen LogP contribution >= 0.6 is 0 Å². The predicted molar refractivity (Wildman–Crippen MR) is 94.1 cm³/mol. The lowest BCUT2D eigenvalue weighted by molar-refractivity contribution is -0.143. The molecule has 6 nitrogen and oxygen atoms in total. The first kappa shape index (κ1) is 20.5. The Labute approximate surface area is 149 Å². The number of rotatable bonds is 5. The highest BCUT2D eigenvalue weighted by atomic mass is 16.6. The smallest absolute Gasteiger partial charge is 0.408 e. The predicted octanol–water partition coefficient (Wildman–Crippen LogP) is 3.17. The molecule has 0 unspecified atom stereocenters. The molecule has 0 saturated heterocycles. The highest BCUT2D eigenvalue weighted by Crippen LogP contribution is 2.19. The molecule has 1 aromatic rings. The van der Waals surface area contributed by atoms with Crippen LogP contribution in [0.3, 0.4) is 0 Å². The van der Waals surface area contributed by atoms with Crippen molar-refractivity contribution in [3.63, 3.8) is 0 Å². The Balaban J connectivity index is 2.86. The minimum absolute atomic E-state index is 0.375. The Morgan fingerprint density at radius 1 is 1.24 bits per heavy atom. The van der Waals surface area contributed by atoms with E-state index in [0.717, 1.165) is 16.7 Å². The van der Waals surface area contributed by atoms with Crippen LogP contribution in [0.25, 0.3) is 0 Å². The summed E-state index contributed by atoms with van der Waals surface area (Å²) in [6.45, 7) is 9.12. The van der Waals surface area contributed by atoms with E-state index in [-0.39, 0.29) is 0 Å². The molecule has 136 valence electrons. The SMILES string of the molecule is COC(=O)[C@H](CCc1c(C)cc(C#N)cc1C)NC(=O)OC(C)(C)C. The maximum Gasteiger partial charge on any atom is 0.408 e. The first-order valence-corrected chi connectivity index (χ1v) is 8.15. The number of amides is 1. The number of hydrogen-bond acceptors (Lipinski definition) is 5. The van der Waals surface area contributed by atoms with Crippen LogP contribution in [0.2, 0.25) is 0 Å². The molecule has 0 fully saturated rings. The van der Waals surface area contributed by atoms with Crippen molar-refractivity contribution in [2.45, 2.75) is 59.1 Å². The number of alkyl carbamates (subject to hydrolysis) is 1. The summed E-state index contributed by atoms with van der Waals surface area (Å²) in [7, 11) is 1.28. The van der Waals surface area contributed by atoms with Gasteiger partial charge in [-0.15, -0.1) is 0 Å². The van der Waals surface area contributed by atoms with Crippen molar-refractivity contribution < 1.29 is 19.1 Å². The zero-order valence-electron chi connectivity index (χ0n) is 15.7. The van der Waals surface area contributed by atoms with Crippen molar-refractivity contribution in [1.29, 1.82) is 5.26 Å². The Bertz CT molecular complexity index is 661.